The molecule has 2 aliphatic heterocycles. The third kappa shape index (κ3) is 5.55. The Morgan fingerprint density at radius 1 is 1.27 bits per heavy atom. The molecule has 1 N–H and O–H groups in total. The Hall–Kier alpha value is -1.59. The Kier molecular flexibility index (Phi) is 8.18. The Morgan fingerprint density at radius 2 is 2.00 bits per heavy atom. The summed E-state index contributed by atoms with van der Waals surface area (Å²) in [6.07, 6.45) is 13.7. The first-order valence-electron chi connectivity index (χ1n) is 11.7. The lowest BCUT2D eigenvalue weighted by Crippen LogP contribution is -2.42. The van der Waals surface area contributed by atoms with Gasteiger partial charge in [0, 0.05) is 50.9 Å². The molecule has 0 aromatic heterocycles. The second-order valence-corrected chi connectivity index (χ2v) is 9.41. The number of aliphatic hydroxyl groups excluding tert-OH is 1. The number of hydrogen-bond donors (Lipinski definition) is 1. The maximum atomic E-state index is 13.2. The number of allylic oxidation sites excluding steroid dienone is 2. The summed E-state index contributed by atoms with van der Waals surface area (Å²) < 4.78 is 5.59. The Bertz CT molecular complexity index is 676. The van der Waals surface area contributed by atoms with E-state index in [2.05, 4.69) is 31.1 Å². The van der Waals surface area contributed by atoms with Crippen molar-refractivity contribution in [1.82, 2.24) is 9.80 Å². The maximum Gasteiger partial charge on any atom is 0.253 e. The van der Waals surface area contributed by atoms with E-state index in [1.165, 1.54) is 37.7 Å². The fourth-order valence-corrected chi connectivity index (χ4v) is 5.56. The molecule has 5 nitrogen and oxygen atoms in total. The largest absolute Gasteiger partial charge is 0.392 e. The van der Waals surface area contributed by atoms with E-state index in [0.717, 1.165) is 25.0 Å². The third-order valence-corrected chi connectivity index (χ3v) is 7.28. The molecule has 168 valence electrons. The quantitative estimate of drug-likeness (QED) is 0.741. The number of likely N-dealkylation sites (N-methyl/N-ethyl adjacent to an activating group) is 1. The fourth-order valence-electron chi connectivity index (χ4n) is 5.56. The molecule has 5 heteroatoms. The first-order chi connectivity index (χ1) is 14.4. The van der Waals surface area contributed by atoms with E-state index in [1.807, 2.05) is 19.1 Å². The highest BCUT2D eigenvalue weighted by molar-refractivity contribution is 5.96. The minimum Gasteiger partial charge on any atom is -0.392 e. The van der Waals surface area contributed by atoms with Gasteiger partial charge in [0.1, 0.15) is 0 Å². The second-order valence-electron chi connectivity index (χ2n) is 9.41. The molecule has 0 bridgehead atoms. The normalized spacial score (nSPS) is 33.6. The van der Waals surface area contributed by atoms with Crippen LogP contribution in [0.2, 0.25) is 0 Å². The minimum absolute atomic E-state index is 0.000270. The Balaban J connectivity index is 1.83. The first kappa shape index (κ1) is 23.1. The van der Waals surface area contributed by atoms with Crippen molar-refractivity contribution in [3.05, 3.63) is 35.6 Å². The van der Waals surface area contributed by atoms with Crippen LogP contribution in [0.4, 0.5) is 0 Å². The van der Waals surface area contributed by atoms with Gasteiger partial charge in [-0.25, -0.2) is 0 Å². The number of fused-ring (bicyclic) bond motifs is 1. The zero-order valence-corrected chi connectivity index (χ0v) is 19.2. The van der Waals surface area contributed by atoms with Gasteiger partial charge in [-0.15, -0.1) is 0 Å². The number of hydrogen-bond acceptors (Lipinski definition) is 4. The molecule has 4 atom stereocenters. The lowest BCUT2D eigenvalue weighted by molar-refractivity contribution is -0.127. The van der Waals surface area contributed by atoms with E-state index in [4.69, 9.17) is 4.74 Å². The lowest BCUT2D eigenvalue weighted by atomic mass is 9.68. The van der Waals surface area contributed by atoms with Crippen molar-refractivity contribution in [3.8, 4) is 0 Å². The molecular weight excluding hydrogens is 376 g/mol. The molecule has 3 rings (SSSR count). The van der Waals surface area contributed by atoms with Crippen molar-refractivity contribution >= 4 is 5.91 Å². The number of nitrogens with zero attached hydrogens (tertiary/aromatic N) is 2. The van der Waals surface area contributed by atoms with Crippen LogP contribution in [0.25, 0.3) is 0 Å². The predicted octanol–water partition coefficient (Wildman–Crippen LogP) is 3.76. The van der Waals surface area contributed by atoms with Gasteiger partial charge in [-0.05, 0) is 83.1 Å². The van der Waals surface area contributed by atoms with Crippen LogP contribution in [0.15, 0.2) is 35.6 Å². The lowest BCUT2D eigenvalue weighted by Gasteiger charge is -2.44. The number of aliphatic hydroxyl groups is 1. The van der Waals surface area contributed by atoms with Crippen LogP contribution < -0.4 is 0 Å². The van der Waals surface area contributed by atoms with Gasteiger partial charge in [0.05, 0.1) is 6.10 Å². The van der Waals surface area contributed by atoms with Gasteiger partial charge in [-0.1, -0.05) is 11.6 Å². The van der Waals surface area contributed by atoms with Crippen molar-refractivity contribution in [3.63, 3.8) is 0 Å². The van der Waals surface area contributed by atoms with E-state index in [-0.39, 0.29) is 5.91 Å². The summed E-state index contributed by atoms with van der Waals surface area (Å²) in [5.41, 5.74) is 2.02. The molecular formula is C25H40N2O3. The van der Waals surface area contributed by atoms with Crippen molar-refractivity contribution in [2.24, 2.45) is 17.8 Å². The van der Waals surface area contributed by atoms with Crippen molar-refractivity contribution in [2.45, 2.75) is 65.0 Å². The molecule has 30 heavy (non-hydrogen) atoms. The maximum absolute atomic E-state index is 13.2. The summed E-state index contributed by atoms with van der Waals surface area (Å²) in [7, 11) is 2.17. The standard InChI is InChI=1S/C25H40N2O3/c1-5-27(17-19(3)28)25(29)22-7-6-12-26(4)24-9-8-21(16-23(24)18(2)15-22)20-10-13-30-14-11-20/h6-7,12,15,19-21,23-24,28H,5,8-11,13-14,16-17H2,1-4H3/b12-6+,18-15+,22-7+. The van der Waals surface area contributed by atoms with Crippen molar-refractivity contribution in [1.29, 1.82) is 0 Å². The van der Waals surface area contributed by atoms with Crippen LogP contribution >= 0.6 is 0 Å². The zero-order valence-electron chi connectivity index (χ0n) is 19.2. The molecule has 2 heterocycles. The smallest absolute Gasteiger partial charge is 0.253 e. The molecule has 0 aromatic rings. The summed E-state index contributed by atoms with van der Waals surface area (Å²) in [5.74, 6) is 1.99. The molecule has 1 aliphatic carbocycles. The highest BCUT2D eigenvalue weighted by Crippen LogP contribution is 2.42. The average molecular weight is 417 g/mol. The van der Waals surface area contributed by atoms with Crippen LogP contribution in [-0.2, 0) is 9.53 Å². The SMILES string of the molecule is CCN(CC(C)O)C(=O)C1=C/C=C/N(C)C2CCC(C3CCOCC3)CC2\C(C)=C\1. The summed E-state index contributed by atoms with van der Waals surface area (Å²) in [4.78, 5) is 17.3. The van der Waals surface area contributed by atoms with Gasteiger partial charge in [-0.2, -0.15) is 0 Å². The van der Waals surface area contributed by atoms with E-state index < -0.39 is 6.10 Å². The minimum atomic E-state index is -0.527. The number of ether oxygens (including phenoxy) is 1. The van der Waals surface area contributed by atoms with Gasteiger partial charge in [-0.3, -0.25) is 4.79 Å². The highest BCUT2D eigenvalue weighted by atomic mass is 16.5. The van der Waals surface area contributed by atoms with Crippen molar-refractivity contribution < 1.29 is 14.6 Å². The second kappa shape index (κ2) is 10.6. The van der Waals surface area contributed by atoms with E-state index in [9.17, 15) is 9.90 Å². The molecule has 3 aliphatic rings. The average Bonchev–Trinajstić information content (AvgIpc) is 2.81. The Morgan fingerprint density at radius 3 is 2.67 bits per heavy atom. The fraction of sp³-hybridized carbons (Fsp3) is 0.720. The van der Waals surface area contributed by atoms with Crippen LogP contribution in [0.5, 0.6) is 0 Å². The summed E-state index contributed by atoms with van der Waals surface area (Å²) in [5, 5.41) is 9.78. The molecule has 0 spiro atoms. The molecule has 4 unspecified atom stereocenters. The number of carbonyl (C=O) groups is 1. The van der Waals surface area contributed by atoms with Crippen LogP contribution in [-0.4, -0.2) is 66.3 Å². The first-order valence-corrected chi connectivity index (χ1v) is 11.7. The molecule has 1 amide bonds. The van der Waals surface area contributed by atoms with Crippen LogP contribution in [0, 0.1) is 17.8 Å². The van der Waals surface area contributed by atoms with Gasteiger partial charge in [0.15, 0.2) is 0 Å². The van der Waals surface area contributed by atoms with Crippen molar-refractivity contribution in [2.75, 3.05) is 33.4 Å². The molecule has 1 saturated heterocycles. The van der Waals surface area contributed by atoms with Gasteiger partial charge in [0.2, 0.25) is 0 Å². The van der Waals surface area contributed by atoms with E-state index >= 15 is 0 Å². The molecule has 0 aromatic carbocycles. The summed E-state index contributed by atoms with van der Waals surface area (Å²) in [6, 6.07) is 0.483. The monoisotopic (exact) mass is 416 g/mol. The van der Waals surface area contributed by atoms with Crippen LogP contribution in [0.3, 0.4) is 0 Å². The zero-order chi connectivity index (χ0) is 21.7. The van der Waals surface area contributed by atoms with Gasteiger partial charge < -0.3 is 19.6 Å². The number of amides is 1. The molecule has 1 saturated carbocycles. The predicted molar refractivity (Wildman–Crippen MR) is 121 cm³/mol. The van der Waals surface area contributed by atoms with E-state index in [0.29, 0.717) is 30.6 Å². The highest BCUT2D eigenvalue weighted by Gasteiger charge is 2.37. The van der Waals surface area contributed by atoms with Crippen LogP contribution in [0.1, 0.15) is 52.9 Å². The molecule has 2 fully saturated rings. The molecule has 0 radical (unpaired) electrons. The Labute approximate surface area is 182 Å². The number of rotatable bonds is 5. The number of carbonyl (C=O) groups excluding carboxylic acids is 1. The third-order valence-electron chi connectivity index (χ3n) is 7.28. The summed E-state index contributed by atoms with van der Waals surface area (Å²) >= 11 is 0. The topological polar surface area (TPSA) is 53.0 Å². The summed E-state index contributed by atoms with van der Waals surface area (Å²) in [6.45, 7) is 8.67. The van der Waals surface area contributed by atoms with Gasteiger partial charge >= 0.3 is 0 Å². The van der Waals surface area contributed by atoms with E-state index in [1.54, 1.807) is 11.8 Å². The van der Waals surface area contributed by atoms with Gasteiger partial charge in [0.25, 0.3) is 5.91 Å².